The number of nitrogens with one attached hydrogen (secondary N) is 1. The highest BCUT2D eigenvalue weighted by atomic mass is 19.1. The number of aliphatic hydroxyl groups is 1. The number of carbonyl (C=O) groups excluding carboxylic acids is 2. The molecule has 2 N–H and O–H groups in total. The van der Waals surface area contributed by atoms with Crippen LogP contribution >= 0.6 is 0 Å². The number of carbonyl (C=O) groups is 2. The molecule has 1 aliphatic rings. The zero-order valence-electron chi connectivity index (χ0n) is 22.8. The number of aldehydes is 1. The second-order valence-electron chi connectivity index (χ2n) is 9.53. The van der Waals surface area contributed by atoms with Gasteiger partial charge in [-0.05, 0) is 65.9 Å². The smallest absolute Gasteiger partial charge is 0.330 e. The number of halogens is 1. The molecule has 0 aromatic heterocycles. The van der Waals surface area contributed by atoms with Gasteiger partial charge in [-0.2, -0.15) is 0 Å². The molecule has 206 valence electrons. The largest absolute Gasteiger partial charge is 0.466 e. The number of esters is 1. The summed E-state index contributed by atoms with van der Waals surface area (Å²) in [5.74, 6) is -0.540. The summed E-state index contributed by atoms with van der Waals surface area (Å²) in [4.78, 5) is 23.0. The maximum absolute atomic E-state index is 14.9. The summed E-state index contributed by atoms with van der Waals surface area (Å²) in [6, 6.07) is 19.7. The summed E-state index contributed by atoms with van der Waals surface area (Å²) in [5, 5.41) is 13.8. The van der Waals surface area contributed by atoms with Crippen molar-refractivity contribution in [1.29, 1.82) is 0 Å². The van der Waals surface area contributed by atoms with Crippen LogP contribution in [0.2, 0.25) is 0 Å². The van der Waals surface area contributed by atoms with Gasteiger partial charge < -0.3 is 24.9 Å². The molecule has 0 bridgehead atoms. The number of benzene rings is 3. The molecule has 4 rings (SSSR count). The second kappa shape index (κ2) is 14.8. The van der Waals surface area contributed by atoms with Crippen LogP contribution < -0.4 is 10.2 Å². The van der Waals surface area contributed by atoms with Crippen molar-refractivity contribution >= 4 is 29.7 Å². The predicted molar refractivity (Wildman–Crippen MR) is 155 cm³/mol. The van der Waals surface area contributed by atoms with Gasteiger partial charge in [-0.1, -0.05) is 55.7 Å². The Balaban J connectivity index is 0.000000449. The average Bonchev–Trinajstić information content (AvgIpc) is 3.00. The van der Waals surface area contributed by atoms with Gasteiger partial charge in [0.05, 0.1) is 7.11 Å². The van der Waals surface area contributed by atoms with E-state index < -0.39 is 18.0 Å². The highest BCUT2D eigenvalue weighted by Crippen LogP contribution is 2.30. The highest BCUT2D eigenvalue weighted by Gasteiger charge is 2.19. The minimum absolute atomic E-state index is 0.175. The van der Waals surface area contributed by atoms with Crippen LogP contribution in [-0.2, 0) is 14.3 Å². The Labute approximate surface area is 230 Å². The summed E-state index contributed by atoms with van der Waals surface area (Å²) in [6.07, 6.45) is 9.02. The van der Waals surface area contributed by atoms with Crippen LogP contribution in [0.15, 0.2) is 72.8 Å². The van der Waals surface area contributed by atoms with E-state index >= 15 is 0 Å². The zero-order valence-corrected chi connectivity index (χ0v) is 22.8. The van der Waals surface area contributed by atoms with E-state index in [2.05, 4.69) is 10.1 Å². The summed E-state index contributed by atoms with van der Waals surface area (Å²) in [5.41, 5.74) is 4.19. The quantitative estimate of drug-likeness (QED) is 0.147. The molecule has 6 nitrogen and oxygen atoms in total. The Bertz CT molecular complexity index is 1250. The van der Waals surface area contributed by atoms with Crippen molar-refractivity contribution in [2.75, 3.05) is 31.4 Å². The number of ether oxygens (including phenoxy) is 1. The van der Waals surface area contributed by atoms with Gasteiger partial charge in [0.1, 0.15) is 12.1 Å². The van der Waals surface area contributed by atoms with Crippen molar-refractivity contribution in [1.82, 2.24) is 0 Å². The lowest BCUT2D eigenvalue weighted by atomic mass is 9.91. The Hall–Kier alpha value is -3.97. The number of nitrogens with zero attached hydrogens (tertiary/aromatic N) is 1. The first-order valence-electron chi connectivity index (χ1n) is 13.2. The Morgan fingerprint density at radius 1 is 1.05 bits per heavy atom. The molecule has 0 amide bonds. The minimum atomic E-state index is -1.18. The number of anilines is 2. The van der Waals surface area contributed by atoms with Crippen LogP contribution in [0.3, 0.4) is 0 Å². The van der Waals surface area contributed by atoms with Crippen LogP contribution in [-0.4, -0.2) is 38.6 Å². The predicted octanol–water partition coefficient (Wildman–Crippen LogP) is 6.61. The molecule has 7 heteroatoms. The first-order chi connectivity index (χ1) is 18.9. The van der Waals surface area contributed by atoms with Gasteiger partial charge in [0.15, 0.2) is 6.23 Å². The molecule has 0 aliphatic heterocycles. The Morgan fingerprint density at radius 3 is 2.33 bits per heavy atom. The number of aliphatic hydroxyl groups excluding tert-OH is 1. The fourth-order valence-corrected chi connectivity index (χ4v) is 4.45. The van der Waals surface area contributed by atoms with Crippen molar-refractivity contribution in [3.8, 4) is 11.1 Å². The van der Waals surface area contributed by atoms with Crippen molar-refractivity contribution in [3.05, 3.63) is 89.8 Å². The van der Waals surface area contributed by atoms with Gasteiger partial charge in [-0.3, -0.25) is 0 Å². The minimum Gasteiger partial charge on any atom is -0.466 e. The summed E-state index contributed by atoms with van der Waals surface area (Å²) in [6.45, 7) is 0. The molecule has 0 saturated heterocycles. The molecule has 0 radical (unpaired) electrons. The van der Waals surface area contributed by atoms with Gasteiger partial charge in [0.25, 0.3) is 0 Å². The van der Waals surface area contributed by atoms with Crippen molar-refractivity contribution in [2.24, 2.45) is 5.92 Å². The molecule has 3 aromatic carbocycles. The molecule has 0 spiro atoms. The summed E-state index contributed by atoms with van der Waals surface area (Å²) < 4.78 is 19.5. The van der Waals surface area contributed by atoms with E-state index in [1.807, 2.05) is 37.4 Å². The molecule has 1 saturated carbocycles. The third kappa shape index (κ3) is 8.52. The monoisotopic (exact) mass is 532 g/mol. The number of hydrogen-bond donors (Lipinski definition) is 2. The zero-order chi connectivity index (χ0) is 28.2. The van der Waals surface area contributed by atoms with E-state index in [0.717, 1.165) is 41.5 Å². The summed E-state index contributed by atoms with van der Waals surface area (Å²) >= 11 is 0. The lowest BCUT2D eigenvalue weighted by Gasteiger charge is -2.26. The van der Waals surface area contributed by atoms with Crippen molar-refractivity contribution < 1.29 is 23.8 Å². The number of methoxy groups -OCH3 is 1. The third-order valence-corrected chi connectivity index (χ3v) is 6.89. The second-order valence-corrected chi connectivity index (χ2v) is 9.53. The fourth-order valence-electron chi connectivity index (χ4n) is 4.45. The first-order valence-corrected chi connectivity index (χ1v) is 13.2. The molecule has 1 aliphatic carbocycles. The maximum Gasteiger partial charge on any atom is 0.330 e. The van der Waals surface area contributed by atoms with Crippen LogP contribution in [0.5, 0.6) is 0 Å². The molecule has 1 fully saturated rings. The fraction of sp³-hybridized carbons (Fsp3) is 0.312. The topological polar surface area (TPSA) is 78.9 Å². The normalized spacial score (nSPS) is 14.2. The molecule has 1 unspecified atom stereocenters. The van der Waals surface area contributed by atoms with E-state index in [0.29, 0.717) is 11.6 Å². The first kappa shape index (κ1) is 29.6. The van der Waals surface area contributed by atoms with E-state index in [4.69, 9.17) is 0 Å². The Kier molecular flexibility index (Phi) is 11.3. The highest BCUT2D eigenvalue weighted by molar-refractivity contribution is 5.87. The molecular weight excluding hydrogens is 495 g/mol. The molecule has 1 atom stereocenters. The lowest BCUT2D eigenvalue weighted by Crippen LogP contribution is -2.24. The molecule has 39 heavy (non-hydrogen) atoms. The maximum atomic E-state index is 14.9. The standard InChI is InChI=1S/C25H25FN2O3.C7H12O/c1-27-20-11-8-18(9-12-20)19-10-13-22(23(26)16-19)25(30)28(2)21-6-4-5-17(15-21)7-14-24(29)31-3;8-6-7-4-2-1-3-5-7/h4-16,25,27,30H,1-3H3;6-7H,1-5H2/b14-7+;. The summed E-state index contributed by atoms with van der Waals surface area (Å²) in [7, 11) is 4.83. The van der Waals surface area contributed by atoms with Gasteiger partial charge in [-0.15, -0.1) is 0 Å². The SMILES string of the molecule is CNc1ccc(-c2ccc(C(O)N(C)c3cccc(/C=C/C(=O)OC)c3)c(F)c2)cc1.O=CC1CCCCC1. The third-order valence-electron chi connectivity index (χ3n) is 6.89. The number of rotatable bonds is 8. The Morgan fingerprint density at radius 2 is 1.74 bits per heavy atom. The van der Waals surface area contributed by atoms with Crippen LogP contribution in [0.4, 0.5) is 15.8 Å². The molecule has 3 aromatic rings. The van der Waals surface area contributed by atoms with Gasteiger partial charge in [0, 0.05) is 43.0 Å². The van der Waals surface area contributed by atoms with Crippen LogP contribution in [0.1, 0.15) is 49.5 Å². The molecular formula is C32H37FN2O4. The van der Waals surface area contributed by atoms with Gasteiger partial charge >= 0.3 is 5.97 Å². The number of hydrogen-bond acceptors (Lipinski definition) is 6. The van der Waals surface area contributed by atoms with E-state index in [1.165, 1.54) is 38.5 Å². The van der Waals surface area contributed by atoms with Gasteiger partial charge in [0.2, 0.25) is 0 Å². The van der Waals surface area contributed by atoms with Crippen molar-refractivity contribution in [3.63, 3.8) is 0 Å². The van der Waals surface area contributed by atoms with E-state index in [1.54, 1.807) is 48.4 Å². The van der Waals surface area contributed by atoms with Crippen LogP contribution in [0.25, 0.3) is 17.2 Å². The lowest BCUT2D eigenvalue weighted by molar-refractivity contribution is -0.134. The van der Waals surface area contributed by atoms with Gasteiger partial charge in [-0.25, -0.2) is 9.18 Å². The van der Waals surface area contributed by atoms with Crippen LogP contribution in [0, 0.1) is 11.7 Å². The van der Waals surface area contributed by atoms with Crippen molar-refractivity contribution in [2.45, 2.75) is 38.3 Å². The average molecular weight is 533 g/mol. The van der Waals surface area contributed by atoms with E-state index in [-0.39, 0.29) is 5.56 Å². The molecule has 0 heterocycles. The van der Waals surface area contributed by atoms with E-state index in [9.17, 15) is 19.1 Å².